The number of carbonyl (C=O) groups excluding carboxylic acids is 1. The summed E-state index contributed by atoms with van der Waals surface area (Å²) < 4.78 is 37.9. The summed E-state index contributed by atoms with van der Waals surface area (Å²) in [5.41, 5.74) is 0.201. The summed E-state index contributed by atoms with van der Waals surface area (Å²) in [5, 5.41) is 2.40. The average molecular weight is 329 g/mol. The minimum Gasteiger partial charge on any atom is -0.497 e. The molecule has 2 aromatic carbocycles. The fourth-order valence-electron chi connectivity index (χ4n) is 2.18. The second-order valence-corrected chi connectivity index (χ2v) is 4.94. The molecule has 3 aromatic rings. The number of furan rings is 1. The van der Waals surface area contributed by atoms with E-state index < -0.39 is 17.5 Å². The first kappa shape index (κ1) is 15.7. The highest BCUT2D eigenvalue weighted by Crippen LogP contribution is 2.26. The van der Waals surface area contributed by atoms with Gasteiger partial charge in [-0.3, -0.25) is 4.79 Å². The van der Waals surface area contributed by atoms with Crippen molar-refractivity contribution in [1.29, 1.82) is 0 Å². The Kier molecular flexibility index (Phi) is 4.29. The van der Waals surface area contributed by atoms with Crippen LogP contribution in [-0.4, -0.2) is 13.0 Å². The van der Waals surface area contributed by atoms with Crippen LogP contribution in [0.2, 0.25) is 0 Å². The summed E-state index contributed by atoms with van der Waals surface area (Å²) in [6, 6.07) is 12.9. The summed E-state index contributed by atoms with van der Waals surface area (Å²) >= 11 is 0. The minimum atomic E-state index is -0.648. The Hall–Kier alpha value is -3.15. The second kappa shape index (κ2) is 6.54. The molecule has 1 heterocycles. The molecule has 0 unspecified atom stereocenters. The van der Waals surface area contributed by atoms with Crippen molar-refractivity contribution in [2.24, 2.45) is 0 Å². The summed E-state index contributed by atoms with van der Waals surface area (Å²) in [6.07, 6.45) is 0. The first-order valence-corrected chi connectivity index (χ1v) is 7.08. The molecule has 0 saturated heterocycles. The van der Waals surface area contributed by atoms with Gasteiger partial charge in [0.2, 0.25) is 0 Å². The molecule has 3 rings (SSSR count). The van der Waals surface area contributed by atoms with Gasteiger partial charge >= 0.3 is 0 Å². The number of hydrogen-bond acceptors (Lipinski definition) is 3. The van der Waals surface area contributed by atoms with E-state index in [0.717, 1.165) is 0 Å². The second-order valence-electron chi connectivity index (χ2n) is 4.94. The summed E-state index contributed by atoms with van der Waals surface area (Å²) in [5.74, 6) is -1.16. The van der Waals surface area contributed by atoms with E-state index in [0.29, 0.717) is 5.75 Å². The van der Waals surface area contributed by atoms with Crippen molar-refractivity contribution in [1.82, 2.24) is 0 Å². The topological polar surface area (TPSA) is 51.5 Å². The quantitative estimate of drug-likeness (QED) is 0.767. The summed E-state index contributed by atoms with van der Waals surface area (Å²) in [4.78, 5) is 12.2. The fraction of sp³-hybridized carbons (Fsp3) is 0.0556. The van der Waals surface area contributed by atoms with Crippen LogP contribution < -0.4 is 10.1 Å². The van der Waals surface area contributed by atoms with Gasteiger partial charge in [-0.2, -0.15) is 0 Å². The van der Waals surface area contributed by atoms with E-state index in [9.17, 15) is 13.6 Å². The zero-order valence-electron chi connectivity index (χ0n) is 12.7. The molecule has 1 aromatic heterocycles. The van der Waals surface area contributed by atoms with Crippen molar-refractivity contribution in [2.45, 2.75) is 0 Å². The summed E-state index contributed by atoms with van der Waals surface area (Å²) in [6.45, 7) is 0. The number of halogens is 2. The lowest BCUT2D eigenvalue weighted by Gasteiger charge is -2.07. The highest BCUT2D eigenvalue weighted by molar-refractivity contribution is 6.02. The molecule has 4 nitrogen and oxygen atoms in total. The van der Waals surface area contributed by atoms with Gasteiger partial charge in [0, 0.05) is 6.07 Å². The SMILES string of the molecule is COc1ccc(F)c(NC(=O)c2ccc(-c3ccccc3F)o2)c1. The normalized spacial score (nSPS) is 10.5. The van der Waals surface area contributed by atoms with Crippen molar-refractivity contribution in [3.05, 3.63) is 72.0 Å². The summed E-state index contributed by atoms with van der Waals surface area (Å²) in [7, 11) is 1.44. The maximum absolute atomic E-state index is 13.8. The smallest absolute Gasteiger partial charge is 0.291 e. The number of hydrogen-bond donors (Lipinski definition) is 1. The van der Waals surface area contributed by atoms with E-state index in [-0.39, 0.29) is 22.8 Å². The van der Waals surface area contributed by atoms with Gasteiger partial charge < -0.3 is 14.5 Å². The van der Waals surface area contributed by atoms with Gasteiger partial charge in [0.15, 0.2) is 5.76 Å². The van der Waals surface area contributed by atoms with Gasteiger partial charge in [0.1, 0.15) is 23.1 Å². The molecule has 0 atom stereocenters. The lowest BCUT2D eigenvalue weighted by molar-refractivity contribution is 0.0997. The molecular formula is C18H13F2NO3. The largest absolute Gasteiger partial charge is 0.497 e. The number of anilines is 1. The fourth-order valence-corrected chi connectivity index (χ4v) is 2.18. The minimum absolute atomic E-state index is 0.0387. The van der Waals surface area contributed by atoms with Crippen LogP contribution in [0.4, 0.5) is 14.5 Å². The third-order valence-corrected chi connectivity index (χ3v) is 3.39. The number of rotatable bonds is 4. The molecule has 1 N–H and O–H groups in total. The van der Waals surface area contributed by atoms with E-state index in [1.54, 1.807) is 12.1 Å². The molecule has 0 aliphatic heterocycles. The van der Waals surface area contributed by atoms with Crippen LogP contribution in [0, 0.1) is 11.6 Å². The molecule has 0 radical (unpaired) electrons. The van der Waals surface area contributed by atoms with Crippen LogP contribution in [-0.2, 0) is 0 Å². The van der Waals surface area contributed by atoms with E-state index in [4.69, 9.17) is 9.15 Å². The van der Waals surface area contributed by atoms with Gasteiger partial charge in [-0.1, -0.05) is 12.1 Å². The molecule has 0 fully saturated rings. The number of methoxy groups -OCH3 is 1. The van der Waals surface area contributed by atoms with Crippen LogP contribution in [0.5, 0.6) is 5.75 Å². The molecule has 0 spiro atoms. The molecule has 0 bridgehead atoms. The first-order valence-electron chi connectivity index (χ1n) is 7.08. The maximum atomic E-state index is 13.8. The van der Waals surface area contributed by atoms with E-state index in [1.165, 1.54) is 49.6 Å². The van der Waals surface area contributed by atoms with Gasteiger partial charge in [0.05, 0.1) is 18.4 Å². The zero-order valence-corrected chi connectivity index (χ0v) is 12.7. The average Bonchev–Trinajstić information content (AvgIpc) is 3.07. The van der Waals surface area contributed by atoms with Crippen LogP contribution in [0.3, 0.4) is 0 Å². The predicted octanol–water partition coefficient (Wildman–Crippen LogP) is 4.49. The third kappa shape index (κ3) is 3.12. The first-order chi connectivity index (χ1) is 11.6. The number of amides is 1. The Labute approximate surface area is 136 Å². The third-order valence-electron chi connectivity index (χ3n) is 3.39. The Morgan fingerprint density at radius 1 is 1.04 bits per heavy atom. The van der Waals surface area contributed by atoms with Gasteiger partial charge in [-0.15, -0.1) is 0 Å². The van der Waals surface area contributed by atoms with Crippen molar-refractivity contribution >= 4 is 11.6 Å². The molecule has 0 aliphatic carbocycles. The number of nitrogens with one attached hydrogen (secondary N) is 1. The maximum Gasteiger partial charge on any atom is 0.291 e. The van der Waals surface area contributed by atoms with E-state index >= 15 is 0 Å². The van der Waals surface area contributed by atoms with Gasteiger partial charge in [-0.05, 0) is 36.4 Å². The van der Waals surface area contributed by atoms with Gasteiger partial charge in [-0.25, -0.2) is 8.78 Å². The molecule has 1 amide bonds. The van der Waals surface area contributed by atoms with Crippen LogP contribution >= 0.6 is 0 Å². The van der Waals surface area contributed by atoms with E-state index in [2.05, 4.69) is 5.32 Å². The Morgan fingerprint density at radius 2 is 1.83 bits per heavy atom. The zero-order chi connectivity index (χ0) is 17.1. The Morgan fingerprint density at radius 3 is 2.58 bits per heavy atom. The monoisotopic (exact) mass is 329 g/mol. The highest BCUT2D eigenvalue weighted by Gasteiger charge is 2.16. The molecular weight excluding hydrogens is 316 g/mol. The van der Waals surface area contributed by atoms with Crippen molar-refractivity contribution in [2.75, 3.05) is 12.4 Å². The van der Waals surface area contributed by atoms with Crippen molar-refractivity contribution < 1.29 is 22.7 Å². The predicted molar refractivity (Wildman–Crippen MR) is 85.0 cm³/mol. The number of benzene rings is 2. The van der Waals surface area contributed by atoms with Gasteiger partial charge in [0.25, 0.3) is 5.91 Å². The van der Waals surface area contributed by atoms with Crippen LogP contribution in [0.1, 0.15) is 10.6 Å². The molecule has 6 heteroatoms. The number of ether oxygens (including phenoxy) is 1. The lowest BCUT2D eigenvalue weighted by atomic mass is 10.1. The molecule has 0 aliphatic rings. The van der Waals surface area contributed by atoms with Crippen molar-refractivity contribution in [3.8, 4) is 17.1 Å². The highest BCUT2D eigenvalue weighted by atomic mass is 19.1. The standard InChI is InChI=1S/C18H13F2NO3/c1-23-11-6-7-14(20)15(10-11)21-18(22)17-9-8-16(24-17)12-4-2-3-5-13(12)19/h2-10H,1H3,(H,21,22). The van der Waals surface area contributed by atoms with Crippen LogP contribution in [0.25, 0.3) is 11.3 Å². The number of carbonyl (C=O) groups is 1. The molecule has 0 saturated carbocycles. The Bertz CT molecular complexity index is 889. The molecule has 122 valence electrons. The van der Waals surface area contributed by atoms with Crippen LogP contribution in [0.15, 0.2) is 59.0 Å². The Balaban J connectivity index is 1.83. The van der Waals surface area contributed by atoms with Crippen molar-refractivity contribution in [3.63, 3.8) is 0 Å². The lowest BCUT2D eigenvalue weighted by Crippen LogP contribution is -2.12. The van der Waals surface area contributed by atoms with E-state index in [1.807, 2.05) is 0 Å². The molecule has 24 heavy (non-hydrogen) atoms.